The molecule has 3 rings (SSSR count). The molecular formula is C13H16N2O. The van der Waals surface area contributed by atoms with Crippen molar-refractivity contribution in [3.8, 4) is 0 Å². The topological polar surface area (TPSA) is 46.3 Å². The number of nitrogens with two attached hydrogens (primary N) is 1. The maximum absolute atomic E-state index is 12.1. The van der Waals surface area contributed by atoms with Gasteiger partial charge in [-0.15, -0.1) is 0 Å². The summed E-state index contributed by atoms with van der Waals surface area (Å²) in [5, 5.41) is 0. The molecule has 0 aromatic heterocycles. The third kappa shape index (κ3) is 1.35. The monoisotopic (exact) mass is 216 g/mol. The number of carbonyl (C=O) groups is 1. The Labute approximate surface area is 95.2 Å². The summed E-state index contributed by atoms with van der Waals surface area (Å²) in [6.07, 6.45) is 3.28. The fourth-order valence-corrected chi connectivity index (χ4v) is 2.96. The molecule has 3 nitrogen and oxygen atoms in total. The molecular weight excluding hydrogens is 200 g/mol. The lowest BCUT2D eigenvalue weighted by Crippen LogP contribution is -2.36. The van der Waals surface area contributed by atoms with Crippen LogP contribution in [0.1, 0.15) is 24.8 Å². The van der Waals surface area contributed by atoms with Crippen LogP contribution in [0.25, 0.3) is 0 Å². The lowest BCUT2D eigenvalue weighted by Gasteiger charge is -2.27. The van der Waals surface area contributed by atoms with Crippen LogP contribution in [-0.4, -0.2) is 11.9 Å². The van der Waals surface area contributed by atoms with Crippen molar-refractivity contribution in [2.45, 2.75) is 31.8 Å². The molecule has 1 aliphatic heterocycles. The Balaban J connectivity index is 1.94. The van der Waals surface area contributed by atoms with Gasteiger partial charge in [-0.3, -0.25) is 4.79 Å². The van der Waals surface area contributed by atoms with Crippen molar-refractivity contribution >= 4 is 11.6 Å². The van der Waals surface area contributed by atoms with Gasteiger partial charge in [0.25, 0.3) is 0 Å². The molecule has 3 heteroatoms. The first-order valence-electron chi connectivity index (χ1n) is 5.91. The number of amides is 1. The standard InChI is InChI=1S/C13H16N2O/c14-8-9-2-1-3-11(6-9)15-12-5-4-10(7-12)13(15)16/h1-3,6,10,12H,4-5,7-8,14H2. The predicted molar refractivity (Wildman–Crippen MR) is 62.9 cm³/mol. The minimum absolute atomic E-state index is 0.284. The Hall–Kier alpha value is -1.35. The van der Waals surface area contributed by atoms with Gasteiger partial charge in [-0.05, 0) is 37.0 Å². The summed E-state index contributed by atoms with van der Waals surface area (Å²) in [6, 6.07) is 8.47. The molecule has 1 aromatic rings. The van der Waals surface area contributed by atoms with Crippen molar-refractivity contribution < 1.29 is 4.79 Å². The van der Waals surface area contributed by atoms with Crippen LogP contribution in [0.4, 0.5) is 5.69 Å². The molecule has 2 bridgehead atoms. The Morgan fingerprint density at radius 2 is 2.25 bits per heavy atom. The van der Waals surface area contributed by atoms with Gasteiger partial charge in [-0.2, -0.15) is 0 Å². The van der Waals surface area contributed by atoms with E-state index < -0.39 is 0 Å². The summed E-state index contributed by atoms with van der Waals surface area (Å²) in [5.74, 6) is 0.594. The average Bonchev–Trinajstić information content (AvgIpc) is 2.89. The van der Waals surface area contributed by atoms with E-state index in [1.54, 1.807) is 0 Å². The van der Waals surface area contributed by atoms with Crippen molar-refractivity contribution in [2.24, 2.45) is 11.7 Å². The van der Waals surface area contributed by atoms with Crippen LogP contribution >= 0.6 is 0 Å². The third-order valence-corrected chi connectivity index (χ3v) is 3.78. The first-order chi connectivity index (χ1) is 7.79. The zero-order chi connectivity index (χ0) is 11.1. The van der Waals surface area contributed by atoms with Crippen LogP contribution in [0.5, 0.6) is 0 Å². The van der Waals surface area contributed by atoms with E-state index in [0.29, 0.717) is 18.5 Å². The van der Waals surface area contributed by atoms with Crippen LogP contribution < -0.4 is 10.6 Å². The number of benzene rings is 1. The normalized spacial score (nSPS) is 27.8. The lowest BCUT2D eigenvalue weighted by molar-refractivity contribution is -0.121. The highest BCUT2D eigenvalue weighted by Gasteiger charge is 2.45. The summed E-state index contributed by atoms with van der Waals surface area (Å²) in [6.45, 7) is 0.532. The van der Waals surface area contributed by atoms with E-state index in [-0.39, 0.29) is 5.92 Å². The molecule has 84 valence electrons. The number of carbonyl (C=O) groups excluding carboxylic acids is 1. The van der Waals surface area contributed by atoms with Crippen LogP contribution in [0.2, 0.25) is 0 Å². The summed E-state index contributed by atoms with van der Waals surface area (Å²) < 4.78 is 0. The van der Waals surface area contributed by atoms with Crippen molar-refractivity contribution in [3.05, 3.63) is 29.8 Å². The fourth-order valence-electron chi connectivity index (χ4n) is 2.96. The van der Waals surface area contributed by atoms with Gasteiger partial charge >= 0.3 is 0 Å². The van der Waals surface area contributed by atoms with E-state index in [4.69, 9.17) is 5.73 Å². The largest absolute Gasteiger partial charge is 0.326 e. The lowest BCUT2D eigenvalue weighted by atomic mass is 10.1. The SMILES string of the molecule is NCc1cccc(N2C(=O)C3CCC2C3)c1. The molecule has 2 unspecified atom stereocenters. The van der Waals surface area contributed by atoms with E-state index in [0.717, 1.165) is 30.5 Å². The Bertz CT molecular complexity index is 430. The average molecular weight is 216 g/mol. The van der Waals surface area contributed by atoms with E-state index in [2.05, 4.69) is 0 Å². The number of piperidine rings is 1. The summed E-state index contributed by atoms with van der Waals surface area (Å²) in [5.41, 5.74) is 7.74. The second-order valence-electron chi connectivity index (χ2n) is 4.75. The van der Waals surface area contributed by atoms with Gasteiger partial charge in [-0.1, -0.05) is 12.1 Å². The predicted octanol–water partition coefficient (Wildman–Crippen LogP) is 1.66. The van der Waals surface area contributed by atoms with Crippen molar-refractivity contribution in [1.82, 2.24) is 0 Å². The highest BCUT2D eigenvalue weighted by atomic mass is 16.2. The van der Waals surface area contributed by atoms with Crippen LogP contribution in [0.15, 0.2) is 24.3 Å². The molecule has 1 amide bonds. The Kier molecular flexibility index (Phi) is 2.21. The molecule has 1 saturated carbocycles. The zero-order valence-corrected chi connectivity index (χ0v) is 9.23. The van der Waals surface area contributed by atoms with Gasteiger partial charge in [0.15, 0.2) is 0 Å². The second kappa shape index (κ2) is 3.59. The minimum atomic E-state index is 0.284. The first-order valence-corrected chi connectivity index (χ1v) is 5.91. The molecule has 2 fully saturated rings. The van der Waals surface area contributed by atoms with E-state index in [9.17, 15) is 4.79 Å². The molecule has 1 aliphatic carbocycles. The second-order valence-corrected chi connectivity index (χ2v) is 4.75. The van der Waals surface area contributed by atoms with Gasteiger partial charge in [-0.25, -0.2) is 0 Å². The summed E-state index contributed by atoms with van der Waals surface area (Å²) >= 11 is 0. The summed E-state index contributed by atoms with van der Waals surface area (Å²) in [4.78, 5) is 14.0. The van der Waals surface area contributed by atoms with Gasteiger partial charge in [0.05, 0.1) is 0 Å². The summed E-state index contributed by atoms with van der Waals surface area (Å²) in [7, 11) is 0. The number of rotatable bonds is 2. The molecule has 0 spiro atoms. The van der Waals surface area contributed by atoms with Crippen LogP contribution in [-0.2, 0) is 11.3 Å². The van der Waals surface area contributed by atoms with Crippen LogP contribution in [0.3, 0.4) is 0 Å². The number of hydrogen-bond acceptors (Lipinski definition) is 2. The number of hydrogen-bond donors (Lipinski definition) is 1. The van der Waals surface area contributed by atoms with Gasteiger partial charge < -0.3 is 10.6 Å². The minimum Gasteiger partial charge on any atom is -0.326 e. The molecule has 2 aliphatic rings. The number of anilines is 1. The van der Waals surface area contributed by atoms with E-state index in [1.165, 1.54) is 0 Å². The maximum atomic E-state index is 12.1. The molecule has 1 aromatic carbocycles. The molecule has 2 N–H and O–H groups in total. The molecule has 2 atom stereocenters. The molecule has 16 heavy (non-hydrogen) atoms. The highest BCUT2D eigenvalue weighted by molar-refractivity contribution is 5.98. The van der Waals surface area contributed by atoms with Crippen LogP contribution in [0, 0.1) is 5.92 Å². The van der Waals surface area contributed by atoms with E-state index >= 15 is 0 Å². The van der Waals surface area contributed by atoms with Gasteiger partial charge in [0.1, 0.15) is 0 Å². The Morgan fingerprint density at radius 3 is 2.94 bits per heavy atom. The Morgan fingerprint density at radius 1 is 1.38 bits per heavy atom. The number of nitrogens with zero attached hydrogens (tertiary/aromatic N) is 1. The van der Waals surface area contributed by atoms with Gasteiger partial charge in [0, 0.05) is 24.2 Å². The van der Waals surface area contributed by atoms with Crippen molar-refractivity contribution in [1.29, 1.82) is 0 Å². The van der Waals surface area contributed by atoms with Crippen molar-refractivity contribution in [3.63, 3.8) is 0 Å². The molecule has 1 saturated heterocycles. The zero-order valence-electron chi connectivity index (χ0n) is 9.23. The van der Waals surface area contributed by atoms with E-state index in [1.807, 2.05) is 29.2 Å². The third-order valence-electron chi connectivity index (χ3n) is 3.78. The van der Waals surface area contributed by atoms with Crippen molar-refractivity contribution in [2.75, 3.05) is 4.90 Å². The maximum Gasteiger partial charge on any atom is 0.230 e. The number of fused-ring (bicyclic) bond motifs is 2. The smallest absolute Gasteiger partial charge is 0.230 e. The quantitative estimate of drug-likeness (QED) is 0.817. The van der Waals surface area contributed by atoms with Gasteiger partial charge in [0.2, 0.25) is 5.91 Å². The molecule has 0 radical (unpaired) electrons. The highest BCUT2D eigenvalue weighted by Crippen LogP contribution is 2.41. The molecule has 1 heterocycles. The first kappa shape index (κ1) is 9.85. The fraction of sp³-hybridized carbons (Fsp3) is 0.462.